The number of benzene rings is 3. The van der Waals surface area contributed by atoms with Crippen molar-refractivity contribution in [3.05, 3.63) is 89.5 Å². The highest BCUT2D eigenvalue weighted by molar-refractivity contribution is 5.68. The molecule has 0 amide bonds. The average Bonchev–Trinajstić information content (AvgIpc) is 2.72. The number of aliphatic carboxylic acids is 1. The highest BCUT2D eigenvalue weighted by Gasteiger charge is 2.33. The van der Waals surface area contributed by atoms with E-state index in [1.165, 1.54) is 0 Å². The lowest BCUT2D eigenvalue weighted by molar-refractivity contribution is -0.139. The summed E-state index contributed by atoms with van der Waals surface area (Å²) in [5.41, 5.74) is 3.14. The lowest BCUT2D eigenvalue weighted by Crippen LogP contribution is -2.25. The highest BCUT2D eigenvalue weighted by atomic mass is 16.5. The molecule has 3 aromatic rings. The van der Waals surface area contributed by atoms with E-state index in [1.54, 1.807) is 30.3 Å². The van der Waals surface area contributed by atoms with Crippen molar-refractivity contribution in [3.8, 4) is 17.2 Å². The van der Waals surface area contributed by atoms with Crippen LogP contribution in [0.15, 0.2) is 72.8 Å². The first-order chi connectivity index (χ1) is 13.6. The number of carboxylic acids is 1. The zero-order valence-corrected chi connectivity index (χ0v) is 15.1. The monoisotopic (exact) mass is 376 g/mol. The molecular formula is C23H20O5. The molecule has 4 rings (SSSR count). The smallest absolute Gasteiger partial charge is 0.341 e. The standard InChI is InChI=1S/C23H20O5/c24-17-8-11-21-19(12-17)23(20(13-28-21)15-4-2-1-3-5-15)16-6-9-18(10-7-16)27-14-22(25)26/h1-12,20,23-24H,13-14H2,(H,25,26)/t20-,23+/m1/s1. The summed E-state index contributed by atoms with van der Waals surface area (Å²) in [7, 11) is 0. The minimum atomic E-state index is -1.01. The predicted octanol–water partition coefficient (Wildman–Crippen LogP) is 4.16. The van der Waals surface area contributed by atoms with E-state index in [-0.39, 0.29) is 24.2 Å². The van der Waals surface area contributed by atoms with Gasteiger partial charge in [0, 0.05) is 17.4 Å². The second-order valence-corrected chi connectivity index (χ2v) is 6.78. The minimum Gasteiger partial charge on any atom is -0.508 e. The fourth-order valence-electron chi connectivity index (χ4n) is 3.72. The number of hydrogen-bond donors (Lipinski definition) is 2. The van der Waals surface area contributed by atoms with E-state index in [1.807, 2.05) is 30.3 Å². The number of carboxylic acid groups (broad SMARTS) is 1. The fraction of sp³-hybridized carbons (Fsp3) is 0.174. The average molecular weight is 376 g/mol. The van der Waals surface area contributed by atoms with Crippen molar-refractivity contribution < 1.29 is 24.5 Å². The molecule has 0 saturated carbocycles. The van der Waals surface area contributed by atoms with Crippen LogP contribution in [0.25, 0.3) is 0 Å². The molecule has 0 aromatic heterocycles. The Hall–Kier alpha value is -3.47. The molecule has 0 fully saturated rings. The molecular weight excluding hydrogens is 356 g/mol. The summed E-state index contributed by atoms with van der Waals surface area (Å²) in [5, 5.41) is 18.8. The summed E-state index contributed by atoms with van der Waals surface area (Å²) in [6.45, 7) is 0.156. The largest absolute Gasteiger partial charge is 0.508 e. The van der Waals surface area contributed by atoms with Crippen LogP contribution in [0.5, 0.6) is 17.2 Å². The molecule has 0 saturated heterocycles. The van der Waals surface area contributed by atoms with Gasteiger partial charge in [-0.05, 0) is 41.5 Å². The normalized spacial score (nSPS) is 18.0. The van der Waals surface area contributed by atoms with Crippen molar-refractivity contribution in [1.82, 2.24) is 0 Å². The summed E-state index contributed by atoms with van der Waals surface area (Å²) in [4.78, 5) is 10.7. The number of phenols is 1. The number of fused-ring (bicyclic) bond motifs is 1. The van der Waals surface area contributed by atoms with Crippen LogP contribution in [0.4, 0.5) is 0 Å². The Kier molecular flexibility index (Phi) is 4.89. The highest BCUT2D eigenvalue weighted by Crippen LogP contribution is 2.47. The molecule has 142 valence electrons. The van der Waals surface area contributed by atoms with Crippen molar-refractivity contribution in [1.29, 1.82) is 0 Å². The zero-order valence-electron chi connectivity index (χ0n) is 15.1. The van der Waals surface area contributed by atoms with Crippen LogP contribution in [0.2, 0.25) is 0 Å². The Morgan fingerprint density at radius 1 is 1.00 bits per heavy atom. The van der Waals surface area contributed by atoms with Crippen LogP contribution in [-0.4, -0.2) is 29.4 Å². The second kappa shape index (κ2) is 7.64. The molecule has 5 heteroatoms. The van der Waals surface area contributed by atoms with Crippen LogP contribution in [0.1, 0.15) is 28.5 Å². The van der Waals surface area contributed by atoms with E-state index >= 15 is 0 Å². The van der Waals surface area contributed by atoms with Gasteiger partial charge in [0.05, 0.1) is 6.61 Å². The van der Waals surface area contributed by atoms with E-state index < -0.39 is 5.97 Å². The van der Waals surface area contributed by atoms with Crippen molar-refractivity contribution >= 4 is 5.97 Å². The summed E-state index contributed by atoms with van der Waals surface area (Å²) in [6, 6.07) is 22.8. The molecule has 1 aliphatic heterocycles. The summed E-state index contributed by atoms with van der Waals surface area (Å²) < 4.78 is 11.2. The van der Waals surface area contributed by atoms with Crippen LogP contribution in [-0.2, 0) is 4.79 Å². The summed E-state index contributed by atoms with van der Waals surface area (Å²) in [5.74, 6) is 0.532. The number of rotatable bonds is 5. The Labute approximate surface area is 162 Å². The Bertz CT molecular complexity index is 966. The maximum Gasteiger partial charge on any atom is 0.341 e. The van der Waals surface area contributed by atoms with Gasteiger partial charge in [-0.2, -0.15) is 0 Å². The third kappa shape index (κ3) is 3.64. The topological polar surface area (TPSA) is 76.0 Å². The second-order valence-electron chi connectivity index (χ2n) is 6.78. The maximum atomic E-state index is 10.7. The van der Waals surface area contributed by atoms with Gasteiger partial charge in [-0.1, -0.05) is 42.5 Å². The third-order valence-corrected chi connectivity index (χ3v) is 4.98. The van der Waals surface area contributed by atoms with Crippen molar-refractivity contribution in [2.45, 2.75) is 11.8 Å². The lowest BCUT2D eigenvalue weighted by Gasteiger charge is -2.34. The van der Waals surface area contributed by atoms with Gasteiger partial charge in [-0.25, -0.2) is 4.79 Å². The van der Waals surface area contributed by atoms with Gasteiger partial charge < -0.3 is 19.7 Å². The number of carbonyl (C=O) groups is 1. The van der Waals surface area contributed by atoms with Crippen LogP contribution in [0, 0.1) is 0 Å². The van der Waals surface area contributed by atoms with Gasteiger partial charge in [0.25, 0.3) is 0 Å². The number of phenolic OH excluding ortho intramolecular Hbond substituents is 1. The molecule has 5 nitrogen and oxygen atoms in total. The Morgan fingerprint density at radius 2 is 1.75 bits per heavy atom. The first kappa shape index (κ1) is 17.9. The van der Waals surface area contributed by atoms with Gasteiger partial charge in [0.1, 0.15) is 17.2 Å². The first-order valence-electron chi connectivity index (χ1n) is 9.07. The van der Waals surface area contributed by atoms with Crippen LogP contribution >= 0.6 is 0 Å². The summed E-state index contributed by atoms with van der Waals surface area (Å²) in [6.07, 6.45) is 0. The maximum absolute atomic E-state index is 10.7. The molecule has 0 spiro atoms. The molecule has 2 N–H and O–H groups in total. The van der Waals surface area contributed by atoms with Crippen molar-refractivity contribution in [2.24, 2.45) is 0 Å². The van der Waals surface area contributed by atoms with Gasteiger partial charge >= 0.3 is 5.97 Å². The number of aromatic hydroxyl groups is 1. The van der Waals surface area contributed by atoms with E-state index in [0.29, 0.717) is 12.4 Å². The molecule has 0 radical (unpaired) electrons. The predicted molar refractivity (Wildman–Crippen MR) is 104 cm³/mol. The van der Waals surface area contributed by atoms with E-state index in [2.05, 4.69) is 12.1 Å². The number of hydrogen-bond acceptors (Lipinski definition) is 4. The Morgan fingerprint density at radius 3 is 2.46 bits per heavy atom. The van der Waals surface area contributed by atoms with E-state index in [4.69, 9.17) is 14.6 Å². The molecule has 2 atom stereocenters. The summed E-state index contributed by atoms with van der Waals surface area (Å²) >= 11 is 0. The third-order valence-electron chi connectivity index (χ3n) is 4.98. The van der Waals surface area contributed by atoms with Gasteiger partial charge in [0.15, 0.2) is 6.61 Å². The van der Waals surface area contributed by atoms with Crippen LogP contribution in [0.3, 0.4) is 0 Å². The first-order valence-corrected chi connectivity index (χ1v) is 9.07. The Balaban J connectivity index is 1.73. The quantitative estimate of drug-likeness (QED) is 0.699. The molecule has 0 unspecified atom stereocenters. The molecule has 0 aliphatic carbocycles. The van der Waals surface area contributed by atoms with E-state index in [0.717, 1.165) is 22.4 Å². The van der Waals surface area contributed by atoms with Crippen LogP contribution < -0.4 is 9.47 Å². The van der Waals surface area contributed by atoms with E-state index in [9.17, 15) is 9.90 Å². The SMILES string of the molecule is O=C(O)COc1ccc([C@H]2c3cc(O)ccc3OC[C@@H]2c2ccccc2)cc1. The van der Waals surface area contributed by atoms with Gasteiger partial charge in [-0.15, -0.1) is 0 Å². The molecule has 1 aliphatic rings. The molecule has 0 bridgehead atoms. The van der Waals surface area contributed by atoms with Gasteiger partial charge in [-0.3, -0.25) is 0 Å². The zero-order chi connectivity index (χ0) is 19.5. The number of ether oxygens (including phenoxy) is 2. The molecule has 3 aromatic carbocycles. The van der Waals surface area contributed by atoms with Crippen molar-refractivity contribution in [2.75, 3.05) is 13.2 Å². The lowest BCUT2D eigenvalue weighted by atomic mass is 9.76. The van der Waals surface area contributed by atoms with Crippen molar-refractivity contribution in [3.63, 3.8) is 0 Å². The fourth-order valence-corrected chi connectivity index (χ4v) is 3.72. The minimum absolute atomic E-state index is 0.00762. The molecule has 1 heterocycles. The molecule has 28 heavy (non-hydrogen) atoms. The van der Waals surface area contributed by atoms with Gasteiger partial charge in [0.2, 0.25) is 0 Å².